The smallest absolute Gasteiger partial charge is 0.407 e. The summed E-state index contributed by atoms with van der Waals surface area (Å²) >= 11 is 0. The van der Waals surface area contributed by atoms with Crippen molar-refractivity contribution >= 4 is 12.1 Å². The summed E-state index contributed by atoms with van der Waals surface area (Å²) in [6.45, 7) is 8.07. The highest BCUT2D eigenvalue weighted by Crippen LogP contribution is 1.94. The second kappa shape index (κ2) is 10.6. The van der Waals surface area contributed by atoms with Crippen molar-refractivity contribution in [3.63, 3.8) is 0 Å². The number of esters is 1. The van der Waals surface area contributed by atoms with E-state index in [4.69, 9.17) is 9.47 Å². The number of alkyl carbamates (subject to hydrolysis) is 1. The molecule has 0 saturated heterocycles. The average Bonchev–Trinajstić information content (AvgIpc) is 2.38. The molecule has 0 rings (SSSR count). The number of ether oxygens (including phenoxy) is 3. The molecule has 0 heterocycles. The number of carbonyl (C=O) groups excluding carboxylic acids is 2. The zero-order chi connectivity index (χ0) is 13.8. The summed E-state index contributed by atoms with van der Waals surface area (Å²) in [6, 6.07) is 0. The molecule has 0 radical (unpaired) electrons. The number of hydrogen-bond donors (Lipinski definition) is 1. The van der Waals surface area contributed by atoms with E-state index in [1.54, 1.807) is 0 Å². The molecular weight excluding hydrogens is 238 g/mol. The molecule has 0 aromatic rings. The van der Waals surface area contributed by atoms with E-state index < -0.39 is 12.1 Å². The van der Waals surface area contributed by atoms with E-state index in [9.17, 15) is 9.59 Å². The van der Waals surface area contributed by atoms with E-state index in [1.807, 2.05) is 13.8 Å². The number of hydrogen-bond acceptors (Lipinski definition) is 5. The predicted octanol–water partition coefficient (Wildman–Crippen LogP) is 1.26. The van der Waals surface area contributed by atoms with Gasteiger partial charge >= 0.3 is 12.1 Å². The molecule has 1 N–H and O–H groups in total. The Bertz CT molecular complexity index is 267. The van der Waals surface area contributed by atoms with Crippen LogP contribution in [0.15, 0.2) is 12.7 Å². The maximum absolute atomic E-state index is 11.1. The van der Waals surface area contributed by atoms with E-state index in [0.29, 0.717) is 6.61 Å². The van der Waals surface area contributed by atoms with E-state index >= 15 is 0 Å². The van der Waals surface area contributed by atoms with Gasteiger partial charge < -0.3 is 19.5 Å². The third-order valence-electron chi connectivity index (χ3n) is 2.08. The Morgan fingerprint density at radius 1 is 1.28 bits per heavy atom. The van der Waals surface area contributed by atoms with Gasteiger partial charge in [-0.15, -0.1) is 0 Å². The molecule has 18 heavy (non-hydrogen) atoms. The molecule has 104 valence electrons. The molecule has 0 spiro atoms. The van der Waals surface area contributed by atoms with Crippen molar-refractivity contribution in [2.24, 2.45) is 0 Å². The minimum Gasteiger partial charge on any atom is -0.461 e. The molecule has 0 aliphatic carbocycles. The first-order valence-electron chi connectivity index (χ1n) is 5.91. The van der Waals surface area contributed by atoms with E-state index in [2.05, 4.69) is 16.6 Å². The zero-order valence-corrected chi connectivity index (χ0v) is 10.9. The van der Waals surface area contributed by atoms with Crippen LogP contribution in [0, 0.1) is 0 Å². The fraction of sp³-hybridized carbons (Fsp3) is 0.667. The zero-order valence-electron chi connectivity index (χ0n) is 10.9. The van der Waals surface area contributed by atoms with Gasteiger partial charge in [-0.2, -0.15) is 0 Å². The Hall–Kier alpha value is -1.56. The molecule has 0 aliphatic rings. The maximum Gasteiger partial charge on any atom is 0.407 e. The van der Waals surface area contributed by atoms with E-state index in [-0.39, 0.29) is 25.9 Å². The Morgan fingerprint density at radius 3 is 2.61 bits per heavy atom. The van der Waals surface area contributed by atoms with Crippen LogP contribution in [0.2, 0.25) is 0 Å². The fourth-order valence-electron chi connectivity index (χ4n) is 0.916. The van der Waals surface area contributed by atoms with Gasteiger partial charge in [0.2, 0.25) is 0 Å². The van der Waals surface area contributed by atoms with Crippen LogP contribution in [0.25, 0.3) is 0 Å². The average molecular weight is 259 g/mol. The molecule has 6 nitrogen and oxygen atoms in total. The highest BCUT2D eigenvalue weighted by atomic mass is 16.6. The van der Waals surface area contributed by atoms with Crippen molar-refractivity contribution < 1.29 is 23.8 Å². The van der Waals surface area contributed by atoms with Gasteiger partial charge in [-0.05, 0) is 13.3 Å². The first kappa shape index (κ1) is 16.4. The van der Waals surface area contributed by atoms with Gasteiger partial charge in [-0.3, -0.25) is 0 Å². The Morgan fingerprint density at radius 2 is 2.00 bits per heavy atom. The number of amides is 1. The van der Waals surface area contributed by atoms with Gasteiger partial charge in [0, 0.05) is 6.08 Å². The molecule has 1 amide bonds. The van der Waals surface area contributed by atoms with Crippen molar-refractivity contribution in [3.05, 3.63) is 12.7 Å². The monoisotopic (exact) mass is 259 g/mol. The second-order valence-electron chi connectivity index (χ2n) is 3.52. The molecule has 0 aliphatic heterocycles. The second-order valence-corrected chi connectivity index (χ2v) is 3.52. The van der Waals surface area contributed by atoms with E-state index in [1.165, 1.54) is 0 Å². The number of nitrogens with one attached hydrogen (secondary N) is 1. The lowest BCUT2D eigenvalue weighted by molar-refractivity contribution is -0.137. The molecular formula is C12H21NO5. The quantitative estimate of drug-likeness (QED) is 0.383. The van der Waals surface area contributed by atoms with Crippen LogP contribution in [0.1, 0.15) is 20.3 Å². The van der Waals surface area contributed by atoms with Gasteiger partial charge in [0.1, 0.15) is 13.2 Å². The SMILES string of the molecule is C=CC(=O)OCCNC(=O)OCCOC(C)CC. The van der Waals surface area contributed by atoms with Crippen LogP contribution in [-0.2, 0) is 19.0 Å². The molecule has 0 bridgehead atoms. The maximum atomic E-state index is 11.1. The fourth-order valence-corrected chi connectivity index (χ4v) is 0.916. The summed E-state index contributed by atoms with van der Waals surface area (Å²) < 4.78 is 14.8. The van der Waals surface area contributed by atoms with Crippen molar-refractivity contribution in [1.29, 1.82) is 0 Å². The minimum atomic E-state index is -0.558. The van der Waals surface area contributed by atoms with E-state index in [0.717, 1.165) is 12.5 Å². The molecule has 6 heteroatoms. The molecule has 0 aromatic heterocycles. The Labute approximate surface area is 107 Å². The summed E-state index contributed by atoms with van der Waals surface area (Å²) in [7, 11) is 0. The lowest BCUT2D eigenvalue weighted by atomic mass is 10.3. The summed E-state index contributed by atoms with van der Waals surface area (Å²) in [4.78, 5) is 21.8. The van der Waals surface area contributed by atoms with Crippen molar-refractivity contribution in [3.8, 4) is 0 Å². The molecule has 0 saturated carbocycles. The summed E-state index contributed by atoms with van der Waals surface area (Å²) in [6.07, 6.45) is 1.58. The minimum absolute atomic E-state index is 0.0866. The van der Waals surface area contributed by atoms with Crippen LogP contribution >= 0.6 is 0 Å². The van der Waals surface area contributed by atoms with Gasteiger partial charge in [0.15, 0.2) is 0 Å². The highest BCUT2D eigenvalue weighted by molar-refractivity contribution is 5.81. The summed E-state index contributed by atoms with van der Waals surface area (Å²) in [5.41, 5.74) is 0. The first-order chi connectivity index (χ1) is 8.60. The predicted molar refractivity (Wildman–Crippen MR) is 66.2 cm³/mol. The van der Waals surface area contributed by atoms with Gasteiger partial charge in [-0.25, -0.2) is 9.59 Å². The topological polar surface area (TPSA) is 73.9 Å². The van der Waals surface area contributed by atoms with Gasteiger partial charge in [0.25, 0.3) is 0 Å². The van der Waals surface area contributed by atoms with Crippen LogP contribution in [0.5, 0.6) is 0 Å². The molecule has 1 unspecified atom stereocenters. The first-order valence-corrected chi connectivity index (χ1v) is 5.91. The Balaban J connectivity index is 3.38. The van der Waals surface area contributed by atoms with Crippen LogP contribution in [0.4, 0.5) is 4.79 Å². The number of carbonyl (C=O) groups is 2. The van der Waals surface area contributed by atoms with Gasteiger partial charge in [0.05, 0.1) is 19.3 Å². The van der Waals surface area contributed by atoms with Crippen LogP contribution in [0.3, 0.4) is 0 Å². The van der Waals surface area contributed by atoms with Crippen molar-refractivity contribution in [1.82, 2.24) is 5.32 Å². The van der Waals surface area contributed by atoms with Crippen LogP contribution < -0.4 is 5.32 Å². The summed E-state index contributed by atoms with van der Waals surface area (Å²) in [5.74, 6) is -0.521. The number of rotatable bonds is 9. The van der Waals surface area contributed by atoms with Gasteiger partial charge in [-0.1, -0.05) is 13.5 Å². The lowest BCUT2D eigenvalue weighted by Gasteiger charge is -2.11. The normalized spacial score (nSPS) is 11.4. The Kier molecular flexibility index (Phi) is 9.67. The third-order valence-corrected chi connectivity index (χ3v) is 2.08. The highest BCUT2D eigenvalue weighted by Gasteiger charge is 2.03. The molecule has 1 atom stereocenters. The summed E-state index contributed by atoms with van der Waals surface area (Å²) in [5, 5.41) is 2.44. The standard InChI is InChI=1S/C12H21NO5/c1-4-10(3)16-8-9-18-12(15)13-6-7-17-11(14)5-2/h5,10H,2,4,6-9H2,1,3H3,(H,13,15). The third kappa shape index (κ3) is 9.65. The molecule has 0 aromatic carbocycles. The largest absolute Gasteiger partial charge is 0.461 e. The lowest BCUT2D eigenvalue weighted by Crippen LogP contribution is -2.29. The molecule has 0 fully saturated rings. The van der Waals surface area contributed by atoms with Crippen molar-refractivity contribution in [2.75, 3.05) is 26.4 Å². The van der Waals surface area contributed by atoms with Crippen LogP contribution in [-0.4, -0.2) is 44.5 Å². The van der Waals surface area contributed by atoms with Crippen molar-refractivity contribution in [2.45, 2.75) is 26.4 Å².